The van der Waals surface area contributed by atoms with E-state index in [4.69, 9.17) is 18.9 Å². The lowest BCUT2D eigenvalue weighted by atomic mass is 10.2. The van der Waals surface area contributed by atoms with Crippen LogP contribution in [-0.2, 0) is 18.9 Å². The summed E-state index contributed by atoms with van der Waals surface area (Å²) >= 11 is 0. The number of hydrogen-bond acceptors (Lipinski definition) is 5. The average Bonchev–Trinajstić information content (AvgIpc) is 3.14. The molecule has 0 saturated carbocycles. The van der Waals surface area contributed by atoms with Crippen molar-refractivity contribution in [1.29, 1.82) is 0 Å². The number of epoxide rings is 1. The third-order valence-electron chi connectivity index (χ3n) is 3.13. The van der Waals surface area contributed by atoms with Crippen molar-refractivity contribution in [2.24, 2.45) is 0 Å². The number of benzene rings is 1. The number of carbonyl (C=O) groups is 1. The minimum absolute atomic E-state index is 0.00137. The molecule has 18 heavy (non-hydrogen) atoms. The number of esters is 1. The number of rotatable bonds is 4. The largest absolute Gasteiger partial charge is 0.459 e. The van der Waals surface area contributed by atoms with Crippen molar-refractivity contribution >= 4 is 5.97 Å². The molecule has 2 saturated heterocycles. The fourth-order valence-electron chi connectivity index (χ4n) is 2.12. The van der Waals surface area contributed by atoms with Gasteiger partial charge in [-0.25, -0.2) is 4.79 Å². The maximum Gasteiger partial charge on any atom is 0.338 e. The molecule has 2 fully saturated rings. The van der Waals surface area contributed by atoms with Crippen molar-refractivity contribution in [3.05, 3.63) is 35.9 Å². The molecule has 0 amide bonds. The summed E-state index contributed by atoms with van der Waals surface area (Å²) in [6.45, 7) is 0.189. The Morgan fingerprint density at radius 3 is 2.67 bits per heavy atom. The molecule has 0 bridgehead atoms. The molecule has 5 nitrogen and oxygen atoms in total. The zero-order valence-electron chi connectivity index (χ0n) is 9.94. The second-order valence-corrected chi connectivity index (χ2v) is 4.31. The third-order valence-corrected chi connectivity index (χ3v) is 3.13. The molecule has 0 unspecified atom stereocenters. The Morgan fingerprint density at radius 1 is 1.22 bits per heavy atom. The van der Waals surface area contributed by atoms with Gasteiger partial charge >= 0.3 is 5.97 Å². The Balaban J connectivity index is 1.52. The Bertz CT molecular complexity index is 432. The van der Waals surface area contributed by atoms with E-state index in [1.165, 1.54) is 0 Å². The molecular weight excluding hydrogens is 236 g/mol. The maximum absolute atomic E-state index is 11.7. The molecular formula is C13H14O5. The predicted molar refractivity (Wildman–Crippen MR) is 61.1 cm³/mol. The summed E-state index contributed by atoms with van der Waals surface area (Å²) in [7, 11) is 1.57. The van der Waals surface area contributed by atoms with Crippen LogP contribution in [0.3, 0.4) is 0 Å². The zero-order valence-corrected chi connectivity index (χ0v) is 9.94. The molecule has 1 aromatic carbocycles. The Hall–Kier alpha value is -1.43. The molecule has 2 aliphatic rings. The Kier molecular flexibility index (Phi) is 3.03. The molecule has 0 radical (unpaired) electrons. The molecule has 4 atom stereocenters. The predicted octanol–water partition coefficient (Wildman–Crippen LogP) is 0.982. The van der Waals surface area contributed by atoms with E-state index < -0.39 is 0 Å². The highest BCUT2D eigenvalue weighted by atomic mass is 16.8. The van der Waals surface area contributed by atoms with Crippen molar-refractivity contribution in [3.63, 3.8) is 0 Å². The molecule has 3 rings (SSSR count). The number of hydrogen-bond donors (Lipinski definition) is 0. The topological polar surface area (TPSA) is 57.3 Å². The summed E-state index contributed by atoms with van der Waals surface area (Å²) in [4.78, 5) is 11.7. The highest BCUT2D eigenvalue weighted by molar-refractivity contribution is 5.89. The fourth-order valence-corrected chi connectivity index (χ4v) is 2.12. The van der Waals surface area contributed by atoms with E-state index in [0.29, 0.717) is 5.56 Å². The van der Waals surface area contributed by atoms with E-state index >= 15 is 0 Å². The van der Waals surface area contributed by atoms with Gasteiger partial charge < -0.3 is 18.9 Å². The van der Waals surface area contributed by atoms with E-state index in [2.05, 4.69) is 0 Å². The van der Waals surface area contributed by atoms with E-state index in [0.717, 1.165) is 0 Å². The number of ether oxygens (including phenoxy) is 4. The molecule has 0 aliphatic carbocycles. The number of carbonyl (C=O) groups excluding carboxylic acids is 1. The van der Waals surface area contributed by atoms with Gasteiger partial charge in [0.1, 0.15) is 24.9 Å². The first-order chi connectivity index (χ1) is 8.79. The second-order valence-electron chi connectivity index (χ2n) is 4.31. The van der Waals surface area contributed by atoms with Gasteiger partial charge in [0.25, 0.3) is 0 Å². The van der Waals surface area contributed by atoms with Gasteiger partial charge in [-0.3, -0.25) is 0 Å². The molecule has 2 heterocycles. The average molecular weight is 250 g/mol. The lowest BCUT2D eigenvalue weighted by molar-refractivity contribution is -0.166. The normalized spacial score (nSPS) is 32.9. The standard InChI is InChI=1S/C13H14O5/c1-15-13-11-10(18-11)9(17-13)7-16-12(14)8-5-3-2-4-6-8/h2-6,9-11,13H,7H2,1H3/t9-,10+,11+,13-/m1/s1. The minimum Gasteiger partial charge on any atom is -0.459 e. The van der Waals surface area contributed by atoms with Crippen LogP contribution < -0.4 is 0 Å². The lowest BCUT2D eigenvalue weighted by Gasteiger charge is -2.16. The summed E-state index contributed by atoms with van der Waals surface area (Å²) in [6.07, 6.45) is -0.572. The van der Waals surface area contributed by atoms with Gasteiger partial charge in [0.2, 0.25) is 0 Å². The second kappa shape index (κ2) is 4.68. The van der Waals surface area contributed by atoms with Gasteiger partial charge in [0.15, 0.2) is 6.29 Å². The minimum atomic E-state index is -0.350. The lowest BCUT2D eigenvalue weighted by Crippen LogP contribution is -2.26. The monoisotopic (exact) mass is 250 g/mol. The zero-order chi connectivity index (χ0) is 12.5. The number of methoxy groups -OCH3 is 1. The van der Waals surface area contributed by atoms with Crippen LogP contribution >= 0.6 is 0 Å². The van der Waals surface area contributed by atoms with Gasteiger partial charge in [0.05, 0.1) is 5.56 Å². The first kappa shape index (κ1) is 11.6. The first-order valence-electron chi connectivity index (χ1n) is 5.85. The molecule has 1 aromatic rings. The first-order valence-corrected chi connectivity index (χ1v) is 5.85. The molecule has 5 heteroatoms. The summed E-state index contributed by atoms with van der Waals surface area (Å²) in [5.74, 6) is -0.350. The molecule has 0 spiro atoms. The van der Waals surface area contributed by atoms with Gasteiger partial charge in [-0.15, -0.1) is 0 Å². The van der Waals surface area contributed by atoms with Crippen LogP contribution in [-0.4, -0.2) is 44.3 Å². The fraction of sp³-hybridized carbons (Fsp3) is 0.462. The van der Waals surface area contributed by atoms with Crippen molar-refractivity contribution in [2.75, 3.05) is 13.7 Å². The highest BCUT2D eigenvalue weighted by Gasteiger charge is 2.58. The quantitative estimate of drug-likeness (QED) is 0.589. The van der Waals surface area contributed by atoms with Crippen molar-refractivity contribution in [3.8, 4) is 0 Å². The van der Waals surface area contributed by atoms with Crippen molar-refractivity contribution in [2.45, 2.75) is 24.6 Å². The maximum atomic E-state index is 11.7. The van der Waals surface area contributed by atoms with Crippen LogP contribution in [0.25, 0.3) is 0 Å². The summed E-state index contributed by atoms with van der Waals surface area (Å²) < 4.78 is 21.2. The summed E-state index contributed by atoms with van der Waals surface area (Å²) in [5, 5.41) is 0. The smallest absolute Gasteiger partial charge is 0.338 e. The van der Waals surface area contributed by atoms with Crippen molar-refractivity contribution in [1.82, 2.24) is 0 Å². The van der Waals surface area contributed by atoms with Gasteiger partial charge in [-0.2, -0.15) is 0 Å². The van der Waals surface area contributed by atoms with Crippen LogP contribution in [0.2, 0.25) is 0 Å². The van der Waals surface area contributed by atoms with Gasteiger partial charge in [-0.05, 0) is 12.1 Å². The molecule has 0 aromatic heterocycles. The third kappa shape index (κ3) is 2.12. The Morgan fingerprint density at radius 2 is 2.00 bits per heavy atom. The SMILES string of the molecule is CO[C@@H]1O[C@H](COC(=O)c2ccccc2)[C@@H]2O[C@H]12. The molecule has 2 aliphatic heterocycles. The van der Waals surface area contributed by atoms with Crippen molar-refractivity contribution < 1.29 is 23.7 Å². The van der Waals surface area contributed by atoms with Crippen LogP contribution in [0.15, 0.2) is 30.3 Å². The Labute approximate surface area is 105 Å². The van der Waals surface area contributed by atoms with Gasteiger partial charge in [0, 0.05) is 7.11 Å². The van der Waals surface area contributed by atoms with Gasteiger partial charge in [-0.1, -0.05) is 18.2 Å². The summed E-state index contributed by atoms with van der Waals surface area (Å²) in [5.41, 5.74) is 0.534. The van der Waals surface area contributed by atoms with Crippen LogP contribution in [0.1, 0.15) is 10.4 Å². The van der Waals surface area contributed by atoms with E-state index in [-0.39, 0.29) is 37.2 Å². The number of fused-ring (bicyclic) bond motifs is 1. The summed E-state index contributed by atoms with van der Waals surface area (Å²) in [6, 6.07) is 8.87. The molecule has 0 N–H and O–H groups in total. The van der Waals surface area contributed by atoms with E-state index in [1.54, 1.807) is 31.4 Å². The highest BCUT2D eigenvalue weighted by Crippen LogP contribution is 2.39. The van der Waals surface area contributed by atoms with Crippen LogP contribution in [0.4, 0.5) is 0 Å². The van der Waals surface area contributed by atoms with Crippen LogP contribution in [0.5, 0.6) is 0 Å². The van der Waals surface area contributed by atoms with E-state index in [1.807, 2.05) is 6.07 Å². The van der Waals surface area contributed by atoms with E-state index in [9.17, 15) is 4.79 Å². The van der Waals surface area contributed by atoms with Crippen LogP contribution in [0, 0.1) is 0 Å². The molecule has 96 valence electrons.